The lowest BCUT2D eigenvalue weighted by molar-refractivity contribution is -0.385. The van der Waals surface area contributed by atoms with Gasteiger partial charge in [0.2, 0.25) is 0 Å². The van der Waals surface area contributed by atoms with Gasteiger partial charge in [-0.2, -0.15) is 0 Å². The van der Waals surface area contributed by atoms with Crippen LogP contribution in [0.1, 0.15) is 11.6 Å². The molecule has 4 rings (SSSR count). The van der Waals surface area contributed by atoms with E-state index in [9.17, 15) is 29.8 Å². The molecular weight excluding hydrogens is 394 g/mol. The fourth-order valence-electron chi connectivity index (χ4n) is 3.62. The quantitative estimate of drug-likeness (QED) is 0.608. The van der Waals surface area contributed by atoms with Crippen LogP contribution in [-0.4, -0.2) is 40.3 Å². The average molecular weight is 409 g/mol. The number of likely N-dealkylation sites (N-methyl/N-ethyl adjacent to an activating group) is 1. The maximum atomic E-state index is 13.3. The first-order valence-electron chi connectivity index (χ1n) is 8.86. The van der Waals surface area contributed by atoms with Crippen molar-refractivity contribution in [1.82, 2.24) is 10.2 Å². The summed E-state index contributed by atoms with van der Waals surface area (Å²) in [5.41, 5.74) is 1.09. The molecule has 0 radical (unpaired) electrons. The van der Waals surface area contributed by atoms with Gasteiger partial charge in [0.25, 0.3) is 17.3 Å². The van der Waals surface area contributed by atoms with Gasteiger partial charge in [0, 0.05) is 31.3 Å². The Hall–Kier alpha value is -4.28. The molecule has 30 heavy (non-hydrogen) atoms. The largest absolute Gasteiger partial charge is 0.327 e. The Labute approximate surface area is 169 Å². The van der Waals surface area contributed by atoms with Crippen LogP contribution in [-0.2, 0) is 4.79 Å². The van der Waals surface area contributed by atoms with Crippen LogP contribution in [0.25, 0.3) is 0 Å². The van der Waals surface area contributed by atoms with Gasteiger partial charge in [-0.15, -0.1) is 0 Å². The van der Waals surface area contributed by atoms with E-state index >= 15 is 0 Å². The number of benzene rings is 2. The third-order valence-corrected chi connectivity index (χ3v) is 5.13. The van der Waals surface area contributed by atoms with Crippen molar-refractivity contribution in [1.29, 1.82) is 0 Å². The minimum Gasteiger partial charge on any atom is -0.327 e. The number of anilines is 1. The average Bonchev–Trinajstić information content (AvgIpc) is 3.08. The number of urea groups is 1. The zero-order valence-corrected chi connectivity index (χ0v) is 15.6. The molecule has 0 saturated heterocycles. The zero-order valence-electron chi connectivity index (χ0n) is 15.6. The number of nitrogens with one attached hydrogen (secondary N) is 1. The Morgan fingerprint density at radius 2 is 1.63 bits per heavy atom. The van der Waals surface area contributed by atoms with Gasteiger partial charge < -0.3 is 10.2 Å². The zero-order chi connectivity index (χ0) is 21.6. The maximum Gasteiger partial charge on any atom is 0.322 e. The Kier molecular flexibility index (Phi) is 4.42. The van der Waals surface area contributed by atoms with Crippen LogP contribution in [0, 0.1) is 20.2 Å². The predicted molar refractivity (Wildman–Crippen MR) is 105 cm³/mol. The number of hydrogen-bond donors (Lipinski definition) is 1. The summed E-state index contributed by atoms with van der Waals surface area (Å²) in [7, 11) is 1.51. The molecule has 2 aromatic carbocycles. The molecule has 0 saturated carbocycles. The van der Waals surface area contributed by atoms with Crippen molar-refractivity contribution in [2.75, 3.05) is 18.5 Å². The molecule has 0 unspecified atom stereocenters. The number of hydrogen-bond acceptors (Lipinski definition) is 6. The molecule has 0 aromatic heterocycles. The van der Waals surface area contributed by atoms with Gasteiger partial charge >= 0.3 is 6.03 Å². The summed E-state index contributed by atoms with van der Waals surface area (Å²) in [6, 6.07) is 10.0. The van der Waals surface area contributed by atoms with Gasteiger partial charge in [0.1, 0.15) is 0 Å². The van der Waals surface area contributed by atoms with Crippen LogP contribution in [0.2, 0.25) is 0 Å². The normalized spacial score (nSPS) is 18.4. The van der Waals surface area contributed by atoms with Crippen LogP contribution in [0.15, 0.2) is 59.8 Å². The van der Waals surface area contributed by atoms with Crippen LogP contribution in [0.4, 0.5) is 21.9 Å². The second kappa shape index (κ2) is 6.95. The highest BCUT2D eigenvalue weighted by Crippen LogP contribution is 2.38. The number of amides is 3. The summed E-state index contributed by atoms with van der Waals surface area (Å²) in [6.45, 7) is 0.0463. The molecule has 11 nitrogen and oxygen atoms in total. The fourth-order valence-corrected chi connectivity index (χ4v) is 3.62. The molecule has 2 aromatic rings. The van der Waals surface area contributed by atoms with Crippen molar-refractivity contribution in [3.63, 3.8) is 0 Å². The van der Waals surface area contributed by atoms with E-state index in [1.807, 2.05) is 0 Å². The minimum atomic E-state index is -0.875. The van der Waals surface area contributed by atoms with E-state index in [-0.39, 0.29) is 23.5 Å². The lowest BCUT2D eigenvalue weighted by Gasteiger charge is -2.30. The Bertz CT molecular complexity index is 1140. The van der Waals surface area contributed by atoms with Crippen LogP contribution < -0.4 is 10.2 Å². The maximum absolute atomic E-state index is 13.3. The van der Waals surface area contributed by atoms with E-state index < -0.39 is 27.8 Å². The number of carbonyl (C=O) groups is 2. The molecule has 0 bridgehead atoms. The summed E-state index contributed by atoms with van der Waals surface area (Å²) in [5, 5.41) is 24.9. The van der Waals surface area contributed by atoms with Crippen LogP contribution in [0.3, 0.4) is 0 Å². The Morgan fingerprint density at radius 1 is 1.00 bits per heavy atom. The van der Waals surface area contributed by atoms with Crippen molar-refractivity contribution in [3.8, 4) is 0 Å². The molecule has 0 fully saturated rings. The second-order valence-electron chi connectivity index (χ2n) is 6.82. The van der Waals surface area contributed by atoms with Crippen molar-refractivity contribution in [2.24, 2.45) is 0 Å². The molecule has 0 spiro atoms. The summed E-state index contributed by atoms with van der Waals surface area (Å²) >= 11 is 0. The molecule has 1 atom stereocenters. The first kappa shape index (κ1) is 19.1. The molecule has 152 valence electrons. The first-order chi connectivity index (χ1) is 14.3. The molecule has 0 aliphatic carbocycles. The van der Waals surface area contributed by atoms with Crippen molar-refractivity contribution >= 4 is 29.0 Å². The van der Waals surface area contributed by atoms with E-state index in [2.05, 4.69) is 5.32 Å². The standard InChI is InChI=1S/C19H15N5O6/c1-21-15-10-22(12-5-3-7-14(9-12)24(29)30)18(25)16(15)17(20-19(21)26)11-4-2-6-13(8-11)23(27)28/h2-9,17H,10H2,1H3,(H,20,26)/t17-/m1/s1. The third-order valence-electron chi connectivity index (χ3n) is 5.13. The van der Waals surface area contributed by atoms with Gasteiger partial charge in [-0.3, -0.25) is 29.9 Å². The van der Waals surface area contributed by atoms with Gasteiger partial charge in [-0.1, -0.05) is 18.2 Å². The highest BCUT2D eigenvalue weighted by atomic mass is 16.6. The van der Waals surface area contributed by atoms with E-state index in [4.69, 9.17) is 0 Å². The van der Waals surface area contributed by atoms with Gasteiger partial charge in [-0.25, -0.2) is 4.79 Å². The smallest absolute Gasteiger partial charge is 0.322 e. The molecule has 2 aliphatic heterocycles. The third kappa shape index (κ3) is 3.02. The number of nitrogens with zero attached hydrogens (tertiary/aromatic N) is 4. The van der Waals surface area contributed by atoms with Gasteiger partial charge in [0.15, 0.2) is 0 Å². The molecule has 3 amide bonds. The lowest BCUT2D eigenvalue weighted by atomic mass is 9.95. The number of nitro groups is 2. The van der Waals surface area contributed by atoms with Crippen LogP contribution >= 0.6 is 0 Å². The summed E-state index contributed by atoms with van der Waals surface area (Å²) < 4.78 is 0. The van der Waals surface area contributed by atoms with Crippen molar-refractivity contribution in [3.05, 3.63) is 85.6 Å². The highest BCUT2D eigenvalue weighted by Gasteiger charge is 2.43. The highest BCUT2D eigenvalue weighted by molar-refractivity contribution is 6.11. The second-order valence-corrected chi connectivity index (χ2v) is 6.82. The lowest BCUT2D eigenvalue weighted by Crippen LogP contribution is -2.45. The number of carbonyl (C=O) groups excluding carboxylic acids is 2. The minimum absolute atomic E-state index is 0.0463. The summed E-state index contributed by atoms with van der Waals surface area (Å²) in [4.78, 5) is 49.5. The number of nitro benzene ring substituents is 2. The van der Waals surface area contributed by atoms with E-state index in [0.717, 1.165) is 0 Å². The number of rotatable bonds is 4. The summed E-state index contributed by atoms with van der Waals surface area (Å²) in [5.74, 6) is -0.436. The fraction of sp³-hybridized carbons (Fsp3) is 0.158. The van der Waals surface area contributed by atoms with Gasteiger partial charge in [0.05, 0.1) is 39.4 Å². The molecule has 11 heteroatoms. The SMILES string of the molecule is CN1C(=O)N[C@H](c2cccc([N+](=O)[O-])c2)C2=C1CN(c1cccc([N+](=O)[O-])c1)C2=O. The number of non-ortho nitro benzene ring substituents is 2. The molecular formula is C19H15N5O6. The summed E-state index contributed by atoms with van der Waals surface area (Å²) in [6.07, 6.45) is 0. The van der Waals surface area contributed by atoms with Crippen molar-refractivity contribution < 1.29 is 19.4 Å². The van der Waals surface area contributed by atoms with E-state index in [1.165, 1.54) is 53.2 Å². The molecule has 2 aliphatic rings. The predicted octanol–water partition coefficient (Wildman–Crippen LogP) is 2.50. The first-order valence-corrected chi connectivity index (χ1v) is 8.86. The topological polar surface area (TPSA) is 139 Å². The van der Waals surface area contributed by atoms with Gasteiger partial charge in [-0.05, 0) is 11.6 Å². The molecule has 1 N–H and O–H groups in total. The Balaban J connectivity index is 1.76. The monoisotopic (exact) mass is 409 g/mol. The van der Waals surface area contributed by atoms with Crippen LogP contribution in [0.5, 0.6) is 0 Å². The molecule has 2 heterocycles. The van der Waals surface area contributed by atoms with E-state index in [1.54, 1.807) is 12.1 Å². The Morgan fingerprint density at radius 3 is 2.30 bits per heavy atom. The van der Waals surface area contributed by atoms with E-state index in [0.29, 0.717) is 16.9 Å². The van der Waals surface area contributed by atoms with Crippen molar-refractivity contribution in [2.45, 2.75) is 6.04 Å².